The van der Waals surface area contributed by atoms with Crippen LogP contribution >= 0.6 is 11.8 Å². The molecule has 0 radical (unpaired) electrons. The van der Waals surface area contributed by atoms with Crippen LogP contribution in [-0.4, -0.2) is 48.6 Å². The third kappa shape index (κ3) is 5.98. The number of para-hydroxylation sites is 1. The molecule has 2 rings (SSSR count). The highest BCUT2D eigenvalue weighted by molar-refractivity contribution is 7.98. The molecule has 27 heavy (non-hydrogen) atoms. The third-order valence-electron chi connectivity index (χ3n) is 5.85. The molecule has 0 unspecified atom stereocenters. The van der Waals surface area contributed by atoms with Crippen molar-refractivity contribution >= 4 is 29.3 Å². The number of rotatable bonds is 7. The van der Waals surface area contributed by atoms with Crippen LogP contribution in [0, 0.1) is 11.8 Å². The summed E-state index contributed by atoms with van der Waals surface area (Å²) >= 11 is 1.59. The molecule has 4 atom stereocenters. The summed E-state index contributed by atoms with van der Waals surface area (Å²) in [6.07, 6.45) is 5.43. The van der Waals surface area contributed by atoms with Gasteiger partial charge in [0.1, 0.15) is 0 Å². The van der Waals surface area contributed by atoms with E-state index >= 15 is 0 Å². The van der Waals surface area contributed by atoms with Crippen molar-refractivity contribution in [3.8, 4) is 0 Å². The minimum atomic E-state index is -0.351. The Morgan fingerprint density at radius 1 is 1.26 bits per heavy atom. The molecule has 0 saturated heterocycles. The van der Waals surface area contributed by atoms with Crippen LogP contribution < -0.4 is 10.6 Å². The summed E-state index contributed by atoms with van der Waals surface area (Å²) in [5.74, 6) is 1.02. The van der Waals surface area contributed by atoms with Gasteiger partial charge >= 0.3 is 0 Å². The fourth-order valence-corrected chi connectivity index (χ4v) is 4.14. The van der Waals surface area contributed by atoms with Crippen LogP contribution in [0.1, 0.15) is 40.0 Å². The molecule has 2 N–H and O–H groups in total. The number of thioether (sulfide) groups is 1. The monoisotopic (exact) mass is 391 g/mol. The Labute approximate surface area is 167 Å². The maximum Gasteiger partial charge on any atom is 0.238 e. The van der Waals surface area contributed by atoms with E-state index in [4.69, 9.17) is 0 Å². The van der Waals surface area contributed by atoms with Crippen molar-refractivity contribution in [2.24, 2.45) is 11.8 Å². The van der Waals surface area contributed by atoms with E-state index in [1.807, 2.05) is 44.5 Å². The summed E-state index contributed by atoms with van der Waals surface area (Å²) in [5.41, 5.74) is 0.811. The summed E-state index contributed by atoms with van der Waals surface area (Å²) in [7, 11) is 1.82. The number of hydrogen-bond donors (Lipinski definition) is 2. The topological polar surface area (TPSA) is 61.4 Å². The Balaban J connectivity index is 1.87. The van der Waals surface area contributed by atoms with Crippen molar-refractivity contribution in [1.29, 1.82) is 0 Å². The van der Waals surface area contributed by atoms with Crippen LogP contribution in [0.4, 0.5) is 5.69 Å². The zero-order valence-electron chi connectivity index (χ0n) is 17.1. The quantitative estimate of drug-likeness (QED) is 0.697. The van der Waals surface area contributed by atoms with Crippen molar-refractivity contribution in [3.63, 3.8) is 0 Å². The molecule has 0 bridgehead atoms. The summed E-state index contributed by atoms with van der Waals surface area (Å²) in [6, 6.07) is 7.61. The van der Waals surface area contributed by atoms with Crippen LogP contribution in [0.15, 0.2) is 29.2 Å². The summed E-state index contributed by atoms with van der Waals surface area (Å²) < 4.78 is 0. The second-order valence-corrected chi connectivity index (χ2v) is 8.57. The molecule has 1 fully saturated rings. The van der Waals surface area contributed by atoms with Gasteiger partial charge < -0.3 is 10.6 Å². The molecule has 0 heterocycles. The van der Waals surface area contributed by atoms with Gasteiger partial charge in [-0.3, -0.25) is 14.5 Å². The van der Waals surface area contributed by atoms with Crippen LogP contribution in [-0.2, 0) is 9.59 Å². The molecule has 1 saturated carbocycles. The van der Waals surface area contributed by atoms with Crippen molar-refractivity contribution in [1.82, 2.24) is 10.2 Å². The maximum atomic E-state index is 12.7. The first-order valence-electron chi connectivity index (χ1n) is 9.77. The predicted molar refractivity (Wildman–Crippen MR) is 113 cm³/mol. The van der Waals surface area contributed by atoms with E-state index in [2.05, 4.69) is 24.5 Å². The Morgan fingerprint density at radius 3 is 2.67 bits per heavy atom. The fourth-order valence-electron chi connectivity index (χ4n) is 3.59. The molecule has 0 aliphatic heterocycles. The van der Waals surface area contributed by atoms with Crippen molar-refractivity contribution in [3.05, 3.63) is 24.3 Å². The van der Waals surface area contributed by atoms with E-state index < -0.39 is 0 Å². The highest BCUT2D eigenvalue weighted by Gasteiger charge is 2.30. The molecule has 0 spiro atoms. The molecule has 5 nitrogen and oxygen atoms in total. The van der Waals surface area contributed by atoms with Crippen molar-refractivity contribution in [2.45, 2.75) is 57.0 Å². The summed E-state index contributed by atoms with van der Waals surface area (Å²) in [5, 5.41) is 6.15. The molecular weight excluding hydrogens is 358 g/mol. The number of nitrogens with zero attached hydrogens (tertiary/aromatic N) is 1. The second-order valence-electron chi connectivity index (χ2n) is 7.72. The Morgan fingerprint density at radius 2 is 1.96 bits per heavy atom. The zero-order chi connectivity index (χ0) is 20.0. The lowest BCUT2D eigenvalue weighted by molar-refractivity contribution is -0.127. The molecule has 0 aromatic heterocycles. The first-order chi connectivity index (χ1) is 12.8. The smallest absolute Gasteiger partial charge is 0.238 e. The van der Waals surface area contributed by atoms with E-state index in [-0.39, 0.29) is 30.4 Å². The third-order valence-corrected chi connectivity index (χ3v) is 6.64. The van der Waals surface area contributed by atoms with Crippen LogP contribution in [0.5, 0.6) is 0 Å². The first-order valence-corrected chi connectivity index (χ1v) is 11.0. The number of carbonyl (C=O) groups excluding carboxylic acids is 2. The number of benzene rings is 1. The molecule has 1 aromatic rings. The SMILES string of the molecule is CSc1ccccc1NC(=O)CN(C)[C@H](C)C(=O)N[C@@H]1CCC[C@@H](C)[C@H]1C. The molecule has 1 aliphatic rings. The minimum absolute atomic E-state index is 0.000707. The number of hydrogen-bond acceptors (Lipinski definition) is 4. The highest BCUT2D eigenvalue weighted by atomic mass is 32.2. The average Bonchev–Trinajstić information content (AvgIpc) is 2.65. The first kappa shape index (κ1) is 21.8. The van der Waals surface area contributed by atoms with Crippen LogP contribution in [0.25, 0.3) is 0 Å². The zero-order valence-corrected chi connectivity index (χ0v) is 17.9. The van der Waals surface area contributed by atoms with Crippen molar-refractivity contribution < 1.29 is 9.59 Å². The van der Waals surface area contributed by atoms with E-state index in [1.54, 1.807) is 16.7 Å². The maximum absolute atomic E-state index is 12.7. The normalized spacial score (nSPS) is 23.7. The van der Waals surface area contributed by atoms with Gasteiger partial charge in [-0.25, -0.2) is 0 Å². The van der Waals surface area contributed by atoms with Crippen LogP contribution in [0.3, 0.4) is 0 Å². The van der Waals surface area contributed by atoms with Gasteiger partial charge in [-0.05, 0) is 50.6 Å². The number of likely N-dealkylation sites (N-methyl/N-ethyl adjacent to an activating group) is 1. The molecule has 150 valence electrons. The standard InChI is InChI=1S/C21H33N3O2S/c1-14-9-8-11-17(15(14)2)23-21(26)16(3)24(4)13-20(25)22-18-10-6-7-12-19(18)27-5/h6-7,10,12,14-17H,8-9,11,13H2,1-5H3,(H,22,25)(H,23,26)/t14-,15-,16-,17-/m1/s1. The van der Waals surface area contributed by atoms with E-state index in [0.717, 1.165) is 23.4 Å². The fraction of sp³-hybridized carbons (Fsp3) is 0.619. The Bertz CT molecular complexity index is 652. The largest absolute Gasteiger partial charge is 0.352 e. The number of nitrogens with one attached hydrogen (secondary N) is 2. The van der Waals surface area contributed by atoms with E-state index in [0.29, 0.717) is 11.8 Å². The van der Waals surface area contributed by atoms with Gasteiger partial charge in [0.15, 0.2) is 0 Å². The molecule has 1 aliphatic carbocycles. The molecule has 1 aromatic carbocycles. The van der Waals surface area contributed by atoms with Gasteiger partial charge in [-0.1, -0.05) is 38.8 Å². The van der Waals surface area contributed by atoms with E-state index in [1.165, 1.54) is 6.42 Å². The van der Waals surface area contributed by atoms with Gasteiger partial charge in [0.25, 0.3) is 0 Å². The van der Waals surface area contributed by atoms with E-state index in [9.17, 15) is 9.59 Å². The molecular formula is C21H33N3O2S. The van der Waals surface area contributed by atoms with Crippen LogP contribution in [0.2, 0.25) is 0 Å². The second kappa shape index (κ2) is 10.1. The summed E-state index contributed by atoms with van der Waals surface area (Å²) in [6.45, 7) is 6.51. The Hall–Kier alpha value is -1.53. The number of amides is 2. The number of anilines is 1. The molecule has 6 heteroatoms. The van der Waals surface area contributed by atoms with Gasteiger partial charge in [0, 0.05) is 10.9 Å². The van der Waals surface area contributed by atoms with Gasteiger partial charge in [-0.15, -0.1) is 11.8 Å². The van der Waals surface area contributed by atoms with Gasteiger partial charge in [-0.2, -0.15) is 0 Å². The van der Waals surface area contributed by atoms with Crippen molar-refractivity contribution in [2.75, 3.05) is 25.2 Å². The van der Waals surface area contributed by atoms with Gasteiger partial charge in [0.05, 0.1) is 18.3 Å². The lowest BCUT2D eigenvalue weighted by Gasteiger charge is -2.36. The minimum Gasteiger partial charge on any atom is -0.352 e. The highest BCUT2D eigenvalue weighted by Crippen LogP contribution is 2.29. The lowest BCUT2D eigenvalue weighted by Crippen LogP contribution is -2.51. The lowest BCUT2D eigenvalue weighted by atomic mass is 9.78. The molecule has 2 amide bonds. The summed E-state index contributed by atoms with van der Waals surface area (Å²) in [4.78, 5) is 27.9. The predicted octanol–water partition coefficient (Wildman–Crippen LogP) is 3.61. The average molecular weight is 392 g/mol. The van der Waals surface area contributed by atoms with Gasteiger partial charge in [0.2, 0.25) is 11.8 Å². The Kier molecular flexibility index (Phi) is 8.17. The number of carbonyl (C=O) groups is 2.